The summed E-state index contributed by atoms with van der Waals surface area (Å²) >= 11 is 6.12. The molecule has 0 spiro atoms. The van der Waals surface area contributed by atoms with E-state index in [4.69, 9.17) is 16.3 Å². The van der Waals surface area contributed by atoms with Crippen LogP contribution >= 0.6 is 11.6 Å². The number of ketones is 1. The second-order valence-corrected chi connectivity index (χ2v) is 7.04. The minimum absolute atomic E-state index is 0.0819. The molecule has 3 rings (SSSR count). The predicted octanol–water partition coefficient (Wildman–Crippen LogP) is 4.47. The topological polar surface area (TPSA) is 102 Å². The Labute approximate surface area is 183 Å². The Morgan fingerprint density at radius 1 is 1.16 bits per heavy atom. The van der Waals surface area contributed by atoms with Crippen LogP contribution in [0.5, 0.6) is 6.01 Å². The Morgan fingerprint density at radius 2 is 1.94 bits per heavy atom. The number of hydrogen-bond donors (Lipinski definition) is 2. The highest BCUT2D eigenvalue weighted by atomic mass is 35.5. The number of aryl methyl sites for hydroxylation is 2. The van der Waals surface area contributed by atoms with Gasteiger partial charge in [0.25, 0.3) is 0 Å². The van der Waals surface area contributed by atoms with Crippen molar-refractivity contribution in [2.45, 2.75) is 20.3 Å². The van der Waals surface area contributed by atoms with Gasteiger partial charge < -0.3 is 15.4 Å². The fraction of sp³-hybridized carbons (Fsp3) is 0.190. The van der Waals surface area contributed by atoms with Gasteiger partial charge in [0, 0.05) is 23.9 Å². The molecule has 8 nitrogen and oxygen atoms in total. The van der Waals surface area contributed by atoms with Gasteiger partial charge in [0.05, 0.1) is 13.3 Å². The van der Waals surface area contributed by atoms with E-state index in [-0.39, 0.29) is 35.0 Å². The summed E-state index contributed by atoms with van der Waals surface area (Å²) in [5.74, 6) is 0.310. The van der Waals surface area contributed by atoms with E-state index in [1.54, 1.807) is 26.1 Å². The number of allylic oxidation sites excluding steroid dienone is 1. The molecule has 3 aromatic rings. The molecule has 0 aliphatic heterocycles. The summed E-state index contributed by atoms with van der Waals surface area (Å²) in [5, 5.41) is 6.26. The van der Waals surface area contributed by atoms with Crippen LogP contribution in [0.2, 0.25) is 5.02 Å². The van der Waals surface area contributed by atoms with Crippen LogP contribution in [0.4, 0.5) is 27.7 Å². The summed E-state index contributed by atoms with van der Waals surface area (Å²) < 4.78 is 19.2. The van der Waals surface area contributed by atoms with Crippen molar-refractivity contribution in [1.82, 2.24) is 19.9 Å². The van der Waals surface area contributed by atoms with Crippen LogP contribution in [0.25, 0.3) is 0 Å². The van der Waals surface area contributed by atoms with E-state index in [1.165, 1.54) is 25.4 Å². The molecule has 0 aliphatic rings. The molecule has 160 valence electrons. The number of benzene rings is 1. The second kappa shape index (κ2) is 9.48. The van der Waals surface area contributed by atoms with Gasteiger partial charge in [-0.15, -0.1) is 0 Å². The van der Waals surface area contributed by atoms with Crippen LogP contribution in [-0.4, -0.2) is 32.8 Å². The lowest BCUT2D eigenvalue weighted by molar-refractivity contribution is -0.114. The van der Waals surface area contributed by atoms with Gasteiger partial charge >= 0.3 is 6.01 Å². The Bertz CT molecular complexity index is 1150. The Kier molecular flexibility index (Phi) is 6.76. The third-order valence-corrected chi connectivity index (χ3v) is 4.61. The maximum atomic E-state index is 14.2. The number of carbonyl (C=O) groups excluding carboxylic acids is 1. The highest BCUT2D eigenvalue weighted by Gasteiger charge is 2.14. The predicted molar refractivity (Wildman–Crippen MR) is 117 cm³/mol. The molecular weight excluding hydrogens is 423 g/mol. The number of methoxy groups -OCH3 is 1. The average molecular weight is 443 g/mol. The fourth-order valence-electron chi connectivity index (χ4n) is 2.66. The Morgan fingerprint density at radius 3 is 2.65 bits per heavy atom. The van der Waals surface area contributed by atoms with E-state index in [2.05, 4.69) is 37.1 Å². The number of nitrogens with one attached hydrogen (secondary N) is 2. The molecule has 0 radical (unpaired) electrons. The molecule has 2 aromatic heterocycles. The van der Waals surface area contributed by atoms with E-state index < -0.39 is 5.82 Å². The van der Waals surface area contributed by atoms with Crippen LogP contribution in [0.15, 0.2) is 37.2 Å². The molecule has 2 N–H and O–H groups in total. The minimum Gasteiger partial charge on any atom is -0.467 e. The van der Waals surface area contributed by atoms with Gasteiger partial charge in [-0.05, 0) is 37.1 Å². The van der Waals surface area contributed by atoms with E-state index in [9.17, 15) is 9.18 Å². The molecule has 10 heteroatoms. The van der Waals surface area contributed by atoms with E-state index in [0.717, 1.165) is 0 Å². The lowest BCUT2D eigenvalue weighted by atomic mass is 10.0. The van der Waals surface area contributed by atoms with Crippen molar-refractivity contribution >= 4 is 40.7 Å². The van der Waals surface area contributed by atoms with Gasteiger partial charge in [-0.3, -0.25) is 4.79 Å². The number of nitrogens with zero attached hydrogens (tertiary/aromatic N) is 4. The van der Waals surface area contributed by atoms with Gasteiger partial charge in [0.2, 0.25) is 5.95 Å². The summed E-state index contributed by atoms with van der Waals surface area (Å²) in [4.78, 5) is 28.6. The number of hydrogen-bond acceptors (Lipinski definition) is 8. The average Bonchev–Trinajstić information content (AvgIpc) is 2.75. The number of carbonyl (C=O) groups is 1. The Balaban J connectivity index is 1.94. The van der Waals surface area contributed by atoms with Crippen LogP contribution in [0.1, 0.15) is 16.7 Å². The first-order chi connectivity index (χ1) is 14.8. The zero-order valence-electron chi connectivity index (χ0n) is 17.2. The van der Waals surface area contributed by atoms with Crippen molar-refractivity contribution in [3.8, 4) is 6.01 Å². The molecule has 2 heterocycles. The van der Waals surface area contributed by atoms with Crippen molar-refractivity contribution in [3.05, 3.63) is 64.7 Å². The first kappa shape index (κ1) is 22.1. The summed E-state index contributed by atoms with van der Waals surface area (Å²) in [6.45, 7) is 6.93. The summed E-state index contributed by atoms with van der Waals surface area (Å²) in [5.41, 5.74) is 2.19. The van der Waals surface area contributed by atoms with Crippen molar-refractivity contribution in [3.63, 3.8) is 0 Å². The van der Waals surface area contributed by atoms with Gasteiger partial charge in [0.1, 0.15) is 16.7 Å². The maximum Gasteiger partial charge on any atom is 0.318 e. The highest BCUT2D eigenvalue weighted by molar-refractivity contribution is 6.32. The highest BCUT2D eigenvalue weighted by Crippen LogP contribution is 2.28. The third kappa shape index (κ3) is 5.32. The first-order valence-electron chi connectivity index (χ1n) is 9.19. The summed E-state index contributed by atoms with van der Waals surface area (Å²) in [7, 11) is 1.44. The summed E-state index contributed by atoms with van der Waals surface area (Å²) in [6.07, 6.45) is 4.29. The number of aromatic nitrogens is 4. The monoisotopic (exact) mass is 442 g/mol. The molecule has 0 amide bonds. The molecule has 0 saturated heterocycles. The zero-order chi connectivity index (χ0) is 22.5. The van der Waals surface area contributed by atoms with Gasteiger partial charge in [-0.1, -0.05) is 24.2 Å². The number of anilines is 4. The zero-order valence-corrected chi connectivity index (χ0v) is 17.9. The van der Waals surface area contributed by atoms with Crippen LogP contribution in [0, 0.1) is 19.7 Å². The quantitative estimate of drug-likeness (QED) is 0.493. The van der Waals surface area contributed by atoms with E-state index >= 15 is 0 Å². The van der Waals surface area contributed by atoms with Crippen molar-refractivity contribution in [2.75, 3.05) is 17.7 Å². The van der Waals surface area contributed by atoms with Crippen LogP contribution in [0.3, 0.4) is 0 Å². The SMILES string of the molecule is C=CC(=O)Cc1cc(C)c(F)cc1Nc1nc(Nc2nc(OC)ncc2Cl)ncc1C. The molecule has 0 aliphatic carbocycles. The largest absolute Gasteiger partial charge is 0.467 e. The molecular formula is C21H20ClFN6O2. The summed E-state index contributed by atoms with van der Waals surface area (Å²) in [6, 6.07) is 3.09. The lowest BCUT2D eigenvalue weighted by Crippen LogP contribution is -2.08. The Hall–Kier alpha value is -3.59. The fourth-order valence-corrected chi connectivity index (χ4v) is 2.80. The first-order valence-corrected chi connectivity index (χ1v) is 9.57. The third-order valence-electron chi connectivity index (χ3n) is 4.34. The smallest absolute Gasteiger partial charge is 0.318 e. The van der Waals surface area contributed by atoms with E-state index in [0.29, 0.717) is 28.2 Å². The second-order valence-electron chi connectivity index (χ2n) is 6.63. The lowest BCUT2D eigenvalue weighted by Gasteiger charge is -2.15. The molecule has 1 aromatic carbocycles. The number of rotatable bonds is 8. The molecule has 0 atom stereocenters. The van der Waals surface area contributed by atoms with Gasteiger partial charge in [0.15, 0.2) is 11.6 Å². The molecule has 0 bridgehead atoms. The van der Waals surface area contributed by atoms with Gasteiger partial charge in [-0.2, -0.15) is 9.97 Å². The molecule has 31 heavy (non-hydrogen) atoms. The van der Waals surface area contributed by atoms with Crippen LogP contribution < -0.4 is 15.4 Å². The van der Waals surface area contributed by atoms with Gasteiger partial charge in [-0.25, -0.2) is 14.4 Å². The van der Waals surface area contributed by atoms with Crippen molar-refractivity contribution < 1.29 is 13.9 Å². The van der Waals surface area contributed by atoms with E-state index in [1.807, 2.05) is 0 Å². The molecule has 0 saturated carbocycles. The normalized spacial score (nSPS) is 10.5. The maximum absolute atomic E-state index is 14.2. The van der Waals surface area contributed by atoms with Crippen LogP contribution in [-0.2, 0) is 11.2 Å². The standard InChI is InChI=1S/C21H20ClFN6O2/c1-5-14(30)7-13-6-11(2)16(23)8-17(13)26-18-12(3)9-24-20(27-18)28-19-15(22)10-25-21(29-19)31-4/h5-6,8-10H,1,7H2,2-4H3,(H2,24,25,26,27,28,29). The van der Waals surface area contributed by atoms with Crippen molar-refractivity contribution in [2.24, 2.45) is 0 Å². The molecule has 0 unspecified atom stereocenters. The number of halogens is 2. The molecule has 0 fully saturated rings. The van der Waals surface area contributed by atoms with Crippen molar-refractivity contribution in [1.29, 1.82) is 0 Å². The number of ether oxygens (including phenoxy) is 1. The minimum atomic E-state index is -0.401.